The molecule has 38 heavy (non-hydrogen) atoms. The lowest BCUT2D eigenvalue weighted by Crippen LogP contribution is -2.49. The molecule has 0 bridgehead atoms. The van der Waals surface area contributed by atoms with Gasteiger partial charge in [0.25, 0.3) is 0 Å². The van der Waals surface area contributed by atoms with E-state index in [4.69, 9.17) is 4.74 Å². The van der Waals surface area contributed by atoms with Gasteiger partial charge in [0.1, 0.15) is 11.4 Å². The Morgan fingerprint density at radius 1 is 1.11 bits per heavy atom. The molecule has 200 valence electrons. The first-order valence-electron chi connectivity index (χ1n) is 11.3. The minimum absolute atomic E-state index is 0.0163. The number of carbonyl (C=O) groups excluding carboxylic acids is 2. The quantitative estimate of drug-likeness (QED) is 0.374. The molecule has 4 rings (SSSR count). The van der Waals surface area contributed by atoms with Gasteiger partial charge in [0.05, 0.1) is 41.6 Å². The Morgan fingerprint density at radius 2 is 1.87 bits per heavy atom. The predicted octanol–water partition coefficient (Wildman–Crippen LogP) is 3.78. The molecule has 2 aromatic heterocycles. The molecule has 3 aromatic rings. The third-order valence-electron chi connectivity index (χ3n) is 5.63. The first kappa shape index (κ1) is 26.6. The van der Waals surface area contributed by atoms with E-state index in [0.717, 1.165) is 12.1 Å². The fourth-order valence-corrected chi connectivity index (χ4v) is 3.43. The number of anilines is 3. The van der Waals surface area contributed by atoms with E-state index in [0.29, 0.717) is 30.4 Å². The highest BCUT2D eigenvalue weighted by Gasteiger charge is 2.51. The number of hydrogen-bond donors (Lipinski definition) is 3. The largest absolute Gasteiger partial charge is 0.418 e. The molecule has 0 atom stereocenters. The molecule has 1 fully saturated rings. The van der Waals surface area contributed by atoms with Gasteiger partial charge in [-0.05, 0) is 43.2 Å². The van der Waals surface area contributed by atoms with Crippen molar-refractivity contribution in [3.63, 3.8) is 0 Å². The highest BCUT2D eigenvalue weighted by Crippen LogP contribution is 2.37. The number of carbonyl (C=O) groups is 2. The van der Waals surface area contributed by atoms with Crippen LogP contribution in [-0.2, 0) is 17.5 Å². The van der Waals surface area contributed by atoms with Crippen LogP contribution in [0.1, 0.15) is 24.1 Å². The van der Waals surface area contributed by atoms with Gasteiger partial charge >= 0.3 is 12.3 Å². The van der Waals surface area contributed by atoms with Crippen molar-refractivity contribution in [2.75, 3.05) is 24.3 Å². The first-order chi connectivity index (χ1) is 17.9. The highest BCUT2D eigenvalue weighted by molar-refractivity contribution is 5.93. The summed E-state index contributed by atoms with van der Waals surface area (Å²) in [6.45, 7) is 0.0163. The summed E-state index contributed by atoms with van der Waals surface area (Å²) in [5.41, 5.74) is -1.91. The average molecular weight is 533 g/mol. The number of alkyl halides is 3. The molecule has 2 heterocycles. The molecule has 2 amide bonds. The normalized spacial score (nSPS) is 13.8. The SMILES string of the molecule is CN(C)c1cc(OC(=O)NC2(C(=O)NCc3ccc(Nc4ccc(F)cc4C(F)(F)F)cn3)CC2)cnn1. The van der Waals surface area contributed by atoms with Gasteiger partial charge < -0.3 is 25.6 Å². The molecule has 1 aromatic carbocycles. The fourth-order valence-electron chi connectivity index (χ4n) is 3.43. The van der Waals surface area contributed by atoms with Gasteiger partial charge in [0, 0.05) is 20.2 Å². The van der Waals surface area contributed by atoms with Crippen molar-refractivity contribution in [1.29, 1.82) is 0 Å². The molecule has 0 radical (unpaired) electrons. The van der Waals surface area contributed by atoms with Crippen molar-refractivity contribution in [1.82, 2.24) is 25.8 Å². The van der Waals surface area contributed by atoms with Crippen LogP contribution in [0.15, 0.2) is 48.8 Å². The monoisotopic (exact) mass is 533 g/mol. The number of amides is 2. The average Bonchev–Trinajstić information content (AvgIpc) is 3.64. The van der Waals surface area contributed by atoms with Gasteiger partial charge in [-0.1, -0.05) is 0 Å². The van der Waals surface area contributed by atoms with Crippen LogP contribution in [0.25, 0.3) is 0 Å². The van der Waals surface area contributed by atoms with Crippen molar-refractivity contribution in [2.45, 2.75) is 31.1 Å². The zero-order valence-corrected chi connectivity index (χ0v) is 20.3. The summed E-state index contributed by atoms with van der Waals surface area (Å²) in [6, 6.07) is 6.83. The number of nitrogens with zero attached hydrogens (tertiary/aromatic N) is 4. The van der Waals surface area contributed by atoms with E-state index in [2.05, 4.69) is 31.1 Å². The molecule has 10 nitrogen and oxygen atoms in total. The van der Waals surface area contributed by atoms with Gasteiger partial charge in [-0.3, -0.25) is 9.78 Å². The van der Waals surface area contributed by atoms with Crippen LogP contribution in [0, 0.1) is 5.82 Å². The highest BCUT2D eigenvalue weighted by atomic mass is 19.4. The number of pyridine rings is 1. The summed E-state index contributed by atoms with van der Waals surface area (Å²) in [5, 5.41) is 15.5. The Kier molecular flexibility index (Phi) is 7.32. The first-order valence-corrected chi connectivity index (χ1v) is 11.3. The van der Waals surface area contributed by atoms with E-state index in [1.54, 1.807) is 19.0 Å². The topological polar surface area (TPSA) is 121 Å². The van der Waals surface area contributed by atoms with Crippen LogP contribution in [0.2, 0.25) is 0 Å². The van der Waals surface area contributed by atoms with Gasteiger partial charge in [-0.2, -0.15) is 18.3 Å². The molecule has 3 N–H and O–H groups in total. The maximum atomic E-state index is 13.3. The zero-order chi connectivity index (χ0) is 27.5. The van der Waals surface area contributed by atoms with Gasteiger partial charge in [0.2, 0.25) is 5.91 Å². The van der Waals surface area contributed by atoms with Gasteiger partial charge in [0.15, 0.2) is 11.6 Å². The fraction of sp³-hybridized carbons (Fsp3) is 0.292. The van der Waals surface area contributed by atoms with Crippen LogP contribution in [0.4, 0.5) is 39.5 Å². The molecule has 1 saturated carbocycles. The Hall–Kier alpha value is -4.49. The van der Waals surface area contributed by atoms with E-state index in [-0.39, 0.29) is 23.7 Å². The molecule has 14 heteroatoms. The molecule has 0 spiro atoms. The van der Waals surface area contributed by atoms with Gasteiger partial charge in [-0.15, -0.1) is 5.10 Å². The number of rotatable bonds is 8. The summed E-state index contributed by atoms with van der Waals surface area (Å²) in [6.07, 6.45) is -2.16. The molecule has 1 aliphatic rings. The summed E-state index contributed by atoms with van der Waals surface area (Å²) < 4.78 is 58.1. The second kappa shape index (κ2) is 10.5. The minimum Gasteiger partial charge on any atom is -0.408 e. The van der Waals surface area contributed by atoms with Gasteiger partial charge in [-0.25, -0.2) is 9.18 Å². The molecule has 0 unspecified atom stereocenters. The molecule has 0 saturated heterocycles. The maximum absolute atomic E-state index is 13.3. The van der Waals surface area contributed by atoms with E-state index in [9.17, 15) is 27.2 Å². The molecule has 0 aliphatic heterocycles. The van der Waals surface area contributed by atoms with Crippen LogP contribution < -0.4 is 25.6 Å². The lowest BCUT2D eigenvalue weighted by molar-refractivity contribution is -0.137. The lowest BCUT2D eigenvalue weighted by atomic mass is 10.1. The van der Waals surface area contributed by atoms with Crippen molar-refractivity contribution in [2.24, 2.45) is 0 Å². The number of nitrogens with one attached hydrogen (secondary N) is 3. The summed E-state index contributed by atoms with van der Waals surface area (Å²) in [4.78, 5) is 30.9. The Balaban J connectivity index is 1.31. The standard InChI is InChI=1S/C24H23F4N7O3/c1-35(2)20-10-17(13-31-34-20)38-22(37)33-23(7-8-23)21(36)30-11-15-4-5-16(12-29-15)32-19-6-3-14(25)9-18(19)24(26,27)28/h3-6,9-10,12-13,32H,7-8,11H2,1-2H3,(H,30,36)(H,33,37). The summed E-state index contributed by atoms with van der Waals surface area (Å²) >= 11 is 0. The smallest absolute Gasteiger partial charge is 0.408 e. The Bertz CT molecular complexity index is 1330. The van der Waals surface area contributed by atoms with E-state index >= 15 is 0 Å². The lowest BCUT2D eigenvalue weighted by Gasteiger charge is -2.17. The number of benzene rings is 1. The maximum Gasteiger partial charge on any atom is 0.418 e. The Morgan fingerprint density at radius 3 is 2.50 bits per heavy atom. The Labute approximate surface area is 214 Å². The van der Waals surface area contributed by atoms with Crippen molar-refractivity contribution in [3.8, 4) is 5.75 Å². The number of halogens is 4. The van der Waals surface area contributed by atoms with Crippen molar-refractivity contribution >= 4 is 29.2 Å². The summed E-state index contributed by atoms with van der Waals surface area (Å²) in [5.74, 6) is -0.780. The second-order valence-corrected chi connectivity index (χ2v) is 8.77. The minimum atomic E-state index is -4.74. The van der Waals surface area contributed by atoms with Crippen LogP contribution in [0.5, 0.6) is 5.75 Å². The van der Waals surface area contributed by atoms with E-state index in [1.165, 1.54) is 30.6 Å². The van der Waals surface area contributed by atoms with Crippen molar-refractivity contribution < 1.29 is 31.9 Å². The molecule has 1 aliphatic carbocycles. The second-order valence-electron chi connectivity index (χ2n) is 8.77. The number of ether oxygens (including phenoxy) is 1. The predicted molar refractivity (Wildman–Crippen MR) is 128 cm³/mol. The van der Waals surface area contributed by atoms with E-state index in [1.807, 2.05) is 0 Å². The molecular weight excluding hydrogens is 510 g/mol. The van der Waals surface area contributed by atoms with Crippen LogP contribution in [-0.4, -0.2) is 46.8 Å². The zero-order valence-electron chi connectivity index (χ0n) is 20.3. The molecular formula is C24H23F4N7O3. The third-order valence-corrected chi connectivity index (χ3v) is 5.63. The van der Waals surface area contributed by atoms with E-state index < -0.39 is 35.1 Å². The number of aromatic nitrogens is 3. The van der Waals surface area contributed by atoms with Crippen LogP contribution >= 0.6 is 0 Å². The van der Waals surface area contributed by atoms with Crippen LogP contribution in [0.3, 0.4) is 0 Å². The van der Waals surface area contributed by atoms with Crippen molar-refractivity contribution in [3.05, 3.63) is 65.9 Å². The summed E-state index contributed by atoms with van der Waals surface area (Å²) in [7, 11) is 3.51. The number of hydrogen-bond acceptors (Lipinski definition) is 8. The third kappa shape index (κ3) is 6.44.